The highest BCUT2D eigenvalue weighted by atomic mass is 31.2. The van der Waals surface area contributed by atoms with Crippen molar-refractivity contribution in [2.24, 2.45) is 0 Å². The zero-order chi connectivity index (χ0) is 38.6. The molecule has 0 saturated heterocycles. The van der Waals surface area contributed by atoms with E-state index in [0.717, 1.165) is 32.1 Å². The second kappa shape index (κ2) is 35.7. The van der Waals surface area contributed by atoms with Gasteiger partial charge in [-0.1, -0.05) is 181 Å². The Kier molecular flexibility index (Phi) is 35.0. The van der Waals surface area contributed by atoms with E-state index in [-0.39, 0.29) is 32.0 Å². The number of ether oxygens (including phenoxy) is 2. The minimum atomic E-state index is -4.61. The van der Waals surface area contributed by atoms with Crippen LogP contribution in [0, 0.1) is 0 Å². The maximum atomic E-state index is 12.6. The molecule has 0 aliphatic rings. The van der Waals surface area contributed by atoms with E-state index in [4.69, 9.17) is 18.5 Å². The molecule has 0 aromatic carbocycles. The number of nitrogens with zero attached hydrogens (tertiary/aromatic N) is 1. The molecule has 0 radical (unpaired) electrons. The molecular formula is C42H84NO8P. The fraction of sp³-hybridized carbons (Fsp3) is 0.952. The van der Waals surface area contributed by atoms with E-state index in [9.17, 15) is 19.0 Å². The predicted molar refractivity (Wildman–Crippen MR) is 213 cm³/mol. The number of hydrogen-bond donors (Lipinski definition) is 0. The van der Waals surface area contributed by atoms with Crippen LogP contribution in [0.1, 0.15) is 206 Å². The van der Waals surface area contributed by atoms with E-state index < -0.39 is 26.5 Å². The number of carbonyl (C=O) groups excluding carboxylic acids is 2. The summed E-state index contributed by atoms with van der Waals surface area (Å²) in [7, 11) is 1.18. The largest absolute Gasteiger partial charge is 0.756 e. The van der Waals surface area contributed by atoms with E-state index in [1.165, 1.54) is 141 Å². The quantitative estimate of drug-likeness (QED) is 0.0263. The molecule has 0 saturated carbocycles. The third kappa shape index (κ3) is 38.7. The smallest absolute Gasteiger partial charge is 0.306 e. The number of esters is 2. The second-order valence-electron chi connectivity index (χ2n) is 16.1. The minimum absolute atomic E-state index is 0.0258. The average Bonchev–Trinajstić information content (AvgIpc) is 3.09. The van der Waals surface area contributed by atoms with Gasteiger partial charge in [0.2, 0.25) is 0 Å². The first-order valence-electron chi connectivity index (χ1n) is 21.7. The molecule has 0 bridgehead atoms. The summed E-state index contributed by atoms with van der Waals surface area (Å²) in [6, 6.07) is 0. The third-order valence-corrected chi connectivity index (χ3v) is 10.6. The van der Waals surface area contributed by atoms with Gasteiger partial charge in [-0.3, -0.25) is 14.2 Å². The van der Waals surface area contributed by atoms with E-state index in [2.05, 4.69) is 13.8 Å². The lowest BCUT2D eigenvalue weighted by Gasteiger charge is -2.28. The van der Waals surface area contributed by atoms with Crippen molar-refractivity contribution >= 4 is 19.8 Å². The van der Waals surface area contributed by atoms with Crippen molar-refractivity contribution < 1.29 is 42.1 Å². The fourth-order valence-electron chi connectivity index (χ4n) is 6.18. The highest BCUT2D eigenvalue weighted by Gasteiger charge is 2.21. The monoisotopic (exact) mass is 762 g/mol. The Morgan fingerprint density at radius 3 is 1.23 bits per heavy atom. The molecule has 310 valence electrons. The molecule has 0 N–H and O–H groups in total. The van der Waals surface area contributed by atoms with Crippen LogP contribution in [0.4, 0.5) is 0 Å². The summed E-state index contributed by atoms with van der Waals surface area (Å²) in [4.78, 5) is 37.4. The van der Waals surface area contributed by atoms with Crippen LogP contribution >= 0.6 is 7.82 Å². The first kappa shape index (κ1) is 51.0. The van der Waals surface area contributed by atoms with E-state index in [1.54, 1.807) is 0 Å². The minimum Gasteiger partial charge on any atom is -0.756 e. The van der Waals surface area contributed by atoms with Gasteiger partial charge in [0.15, 0.2) is 6.10 Å². The van der Waals surface area contributed by atoms with Crippen molar-refractivity contribution in [3.63, 3.8) is 0 Å². The van der Waals surface area contributed by atoms with Crippen LogP contribution in [0.2, 0.25) is 0 Å². The van der Waals surface area contributed by atoms with Gasteiger partial charge in [-0.05, 0) is 12.8 Å². The van der Waals surface area contributed by atoms with Crippen molar-refractivity contribution in [1.29, 1.82) is 0 Å². The average molecular weight is 762 g/mol. The predicted octanol–water partition coefficient (Wildman–Crippen LogP) is 11.4. The number of phosphoric ester groups is 1. The summed E-state index contributed by atoms with van der Waals surface area (Å²) < 4.78 is 33.9. The van der Waals surface area contributed by atoms with Gasteiger partial charge in [-0.2, -0.15) is 0 Å². The van der Waals surface area contributed by atoms with Crippen molar-refractivity contribution in [2.45, 2.75) is 213 Å². The molecule has 0 rings (SSSR count). The molecule has 52 heavy (non-hydrogen) atoms. The van der Waals surface area contributed by atoms with Crippen LogP contribution in [0.15, 0.2) is 0 Å². The summed E-state index contributed by atoms with van der Waals surface area (Å²) in [5.74, 6) is -0.821. The molecule has 1 unspecified atom stereocenters. The Morgan fingerprint density at radius 2 is 0.865 bits per heavy atom. The number of carbonyl (C=O) groups is 2. The van der Waals surface area contributed by atoms with Crippen LogP contribution in [0.25, 0.3) is 0 Å². The molecule has 0 aromatic rings. The Bertz CT molecular complexity index is 865. The van der Waals surface area contributed by atoms with Gasteiger partial charge in [0, 0.05) is 12.8 Å². The molecule has 9 nitrogen and oxygen atoms in total. The van der Waals surface area contributed by atoms with Gasteiger partial charge in [0.25, 0.3) is 7.82 Å². The number of unbranched alkanes of at least 4 members (excludes halogenated alkanes) is 26. The summed E-state index contributed by atoms with van der Waals surface area (Å²) >= 11 is 0. The molecule has 2 atom stereocenters. The van der Waals surface area contributed by atoms with Crippen LogP contribution in [0.3, 0.4) is 0 Å². The highest BCUT2D eigenvalue weighted by Crippen LogP contribution is 2.38. The SMILES string of the molecule is CCCCCCCCCCCCCCCCCCC(=O)OC[C@H](COP(=O)([O-])OCC[N+](C)(C)C)OC(=O)CCCCCCCCCCCCCC. The van der Waals surface area contributed by atoms with E-state index in [0.29, 0.717) is 17.4 Å². The first-order valence-corrected chi connectivity index (χ1v) is 23.2. The molecule has 10 heteroatoms. The second-order valence-corrected chi connectivity index (χ2v) is 17.5. The zero-order valence-electron chi connectivity index (χ0n) is 34.8. The summed E-state index contributed by atoms with van der Waals surface area (Å²) in [5.41, 5.74) is 0. The molecule has 0 amide bonds. The molecule has 0 aliphatic heterocycles. The molecule has 0 heterocycles. The maximum Gasteiger partial charge on any atom is 0.306 e. The topological polar surface area (TPSA) is 111 Å². The van der Waals surface area contributed by atoms with Crippen LogP contribution < -0.4 is 4.89 Å². The third-order valence-electron chi connectivity index (χ3n) is 9.63. The van der Waals surface area contributed by atoms with Crippen LogP contribution in [0.5, 0.6) is 0 Å². The van der Waals surface area contributed by atoms with Crippen molar-refractivity contribution in [2.75, 3.05) is 47.5 Å². The maximum absolute atomic E-state index is 12.6. The highest BCUT2D eigenvalue weighted by molar-refractivity contribution is 7.45. The van der Waals surface area contributed by atoms with E-state index in [1.807, 2.05) is 21.1 Å². The Morgan fingerprint density at radius 1 is 0.519 bits per heavy atom. The van der Waals surface area contributed by atoms with E-state index >= 15 is 0 Å². The summed E-state index contributed by atoms with van der Waals surface area (Å²) in [6.45, 7) is 4.25. The molecule has 0 spiro atoms. The Labute approximate surface area is 321 Å². The fourth-order valence-corrected chi connectivity index (χ4v) is 6.91. The van der Waals surface area contributed by atoms with Crippen molar-refractivity contribution in [1.82, 2.24) is 0 Å². The van der Waals surface area contributed by atoms with Gasteiger partial charge < -0.3 is 27.9 Å². The zero-order valence-corrected chi connectivity index (χ0v) is 35.7. The number of rotatable bonds is 40. The normalized spacial score (nSPS) is 13.6. The lowest BCUT2D eigenvalue weighted by Crippen LogP contribution is -2.37. The standard InChI is InChI=1S/C42H84NO8P/c1-6-8-10-12-14-16-18-20-21-22-23-25-26-28-30-32-34-41(44)48-38-40(39-50-52(46,47)49-37-36-43(3,4)5)51-42(45)35-33-31-29-27-24-19-17-15-13-11-9-7-2/h40H,6-39H2,1-5H3/t40-/m1/s1. The number of hydrogen-bond acceptors (Lipinski definition) is 8. The number of phosphoric acid groups is 1. The van der Waals surface area contributed by atoms with Crippen LogP contribution in [-0.4, -0.2) is 70.0 Å². The molecule has 0 aromatic heterocycles. The van der Waals surface area contributed by atoms with Gasteiger partial charge in [0.05, 0.1) is 27.7 Å². The van der Waals surface area contributed by atoms with Crippen molar-refractivity contribution in [3.8, 4) is 0 Å². The van der Waals surface area contributed by atoms with Crippen LogP contribution in [-0.2, 0) is 32.7 Å². The number of quaternary nitrogens is 1. The van der Waals surface area contributed by atoms with Gasteiger partial charge >= 0.3 is 11.9 Å². The molecule has 0 aliphatic carbocycles. The first-order chi connectivity index (χ1) is 25.0. The lowest BCUT2D eigenvalue weighted by atomic mass is 10.0. The van der Waals surface area contributed by atoms with Crippen molar-refractivity contribution in [3.05, 3.63) is 0 Å². The molecule has 0 fully saturated rings. The summed E-state index contributed by atoms with van der Waals surface area (Å²) in [6.07, 6.45) is 34.1. The van der Waals surface area contributed by atoms with Gasteiger partial charge in [0.1, 0.15) is 19.8 Å². The Balaban J connectivity index is 4.30. The lowest BCUT2D eigenvalue weighted by molar-refractivity contribution is -0.870. The van der Waals surface area contributed by atoms with Gasteiger partial charge in [-0.15, -0.1) is 0 Å². The Hall–Kier alpha value is -0.990. The summed E-state index contributed by atoms with van der Waals surface area (Å²) in [5, 5.41) is 0. The van der Waals surface area contributed by atoms with Gasteiger partial charge in [-0.25, -0.2) is 0 Å². The number of likely N-dealkylation sites (N-methyl/N-ethyl adjacent to an activating group) is 1. The molecular weight excluding hydrogens is 677 g/mol.